The smallest absolute Gasteiger partial charge is 0.169 e. The number of nitrogens with one attached hydrogen (secondary N) is 1. The van der Waals surface area contributed by atoms with Crippen LogP contribution in [0.25, 0.3) is 44.1 Å². The minimum atomic E-state index is -0.335. The summed E-state index contributed by atoms with van der Waals surface area (Å²) in [7, 11) is 0. The number of amidine groups is 2. The maximum atomic E-state index is 5.22. The molecular formula is C48H38N4. The summed E-state index contributed by atoms with van der Waals surface area (Å²) in [5.41, 5.74) is 13.5. The van der Waals surface area contributed by atoms with Crippen molar-refractivity contribution in [3.8, 4) is 22.3 Å². The first-order chi connectivity index (χ1) is 25.5. The molecular weight excluding hydrogens is 633 g/mol. The van der Waals surface area contributed by atoms with Gasteiger partial charge in [-0.2, -0.15) is 0 Å². The van der Waals surface area contributed by atoms with Crippen LogP contribution in [0.1, 0.15) is 54.7 Å². The van der Waals surface area contributed by atoms with E-state index in [4.69, 9.17) is 9.98 Å². The molecule has 250 valence electrons. The van der Waals surface area contributed by atoms with Crippen molar-refractivity contribution in [2.75, 3.05) is 0 Å². The number of fused-ring (bicyclic) bond motifs is 6. The van der Waals surface area contributed by atoms with Gasteiger partial charge in [0.05, 0.1) is 11.6 Å². The predicted molar refractivity (Wildman–Crippen MR) is 216 cm³/mol. The number of benzene rings is 6. The van der Waals surface area contributed by atoms with E-state index in [2.05, 4.69) is 175 Å². The van der Waals surface area contributed by atoms with Crippen LogP contribution in [0, 0.1) is 0 Å². The SMILES string of the molecule is CC1(C)c2ccccc2-c2cc3c4cc(-c5ccccc5)ccc4n(C4C=C(C5=NC(c6ccccc6)N=C(c6ccccc6)N5)C=CC4)c3cc21. The van der Waals surface area contributed by atoms with Crippen LogP contribution in [0.5, 0.6) is 0 Å². The van der Waals surface area contributed by atoms with Gasteiger partial charge in [0.1, 0.15) is 11.7 Å². The summed E-state index contributed by atoms with van der Waals surface area (Å²) in [6.07, 6.45) is 7.48. The minimum Gasteiger partial charge on any atom is -0.333 e. The zero-order chi connectivity index (χ0) is 34.8. The molecule has 2 atom stereocenters. The Kier molecular flexibility index (Phi) is 7.00. The standard InChI is InChI=1S/C48H38N4/c1-48(2)41-24-13-12-23-37(41)38-29-40-39-28-34(31-15-6-3-7-16-31)25-26-43(39)52(44(40)30-42(38)48)36-22-14-21-35(27-36)47-50-45(32-17-8-4-9-18-32)49-46(51-47)33-19-10-5-11-20-33/h3-21,23-30,36,45H,22H2,1-2H3,(H,49,50,51). The van der Waals surface area contributed by atoms with Crippen LogP contribution in [-0.2, 0) is 5.41 Å². The molecule has 4 heteroatoms. The number of hydrogen-bond donors (Lipinski definition) is 1. The van der Waals surface area contributed by atoms with E-state index in [0.29, 0.717) is 0 Å². The molecule has 0 spiro atoms. The fraction of sp³-hybridized carbons (Fsp3) is 0.125. The highest BCUT2D eigenvalue weighted by Crippen LogP contribution is 2.51. The van der Waals surface area contributed by atoms with Crippen LogP contribution in [0.3, 0.4) is 0 Å². The lowest BCUT2D eigenvalue weighted by Crippen LogP contribution is -2.36. The van der Waals surface area contributed by atoms with Gasteiger partial charge in [-0.25, -0.2) is 9.98 Å². The van der Waals surface area contributed by atoms with Gasteiger partial charge in [0.15, 0.2) is 6.17 Å². The van der Waals surface area contributed by atoms with E-state index in [1.54, 1.807) is 0 Å². The van der Waals surface area contributed by atoms with Crippen LogP contribution in [0.4, 0.5) is 0 Å². The van der Waals surface area contributed by atoms with Crippen molar-refractivity contribution >= 4 is 33.5 Å². The quantitative estimate of drug-likeness (QED) is 0.195. The number of allylic oxidation sites excluding steroid dienone is 2. The molecule has 2 aliphatic carbocycles. The van der Waals surface area contributed by atoms with Crippen molar-refractivity contribution in [1.29, 1.82) is 0 Å². The fourth-order valence-corrected chi connectivity index (χ4v) is 8.53. The number of aromatic nitrogens is 1. The zero-order valence-corrected chi connectivity index (χ0v) is 29.3. The number of nitrogens with zero attached hydrogens (tertiary/aromatic N) is 3. The van der Waals surface area contributed by atoms with Gasteiger partial charge in [-0.05, 0) is 69.6 Å². The maximum absolute atomic E-state index is 5.22. The van der Waals surface area contributed by atoms with E-state index in [1.165, 1.54) is 55.2 Å². The Balaban J connectivity index is 1.15. The Morgan fingerprint density at radius 2 is 1.27 bits per heavy atom. The lowest BCUT2D eigenvalue weighted by molar-refractivity contribution is 0.640. The average molecular weight is 671 g/mol. The van der Waals surface area contributed by atoms with Crippen molar-refractivity contribution in [3.05, 3.63) is 192 Å². The average Bonchev–Trinajstić information content (AvgIpc) is 3.65. The molecule has 0 radical (unpaired) electrons. The Morgan fingerprint density at radius 3 is 2.06 bits per heavy atom. The second-order valence-corrected chi connectivity index (χ2v) is 14.6. The summed E-state index contributed by atoms with van der Waals surface area (Å²) in [6, 6.07) is 52.4. The zero-order valence-electron chi connectivity index (χ0n) is 29.3. The summed E-state index contributed by atoms with van der Waals surface area (Å²) in [4.78, 5) is 10.3. The summed E-state index contributed by atoms with van der Waals surface area (Å²) in [5.74, 6) is 1.67. The second-order valence-electron chi connectivity index (χ2n) is 14.6. The van der Waals surface area contributed by atoms with Gasteiger partial charge in [-0.1, -0.05) is 153 Å². The molecule has 1 aromatic heterocycles. The van der Waals surface area contributed by atoms with Crippen LogP contribution in [-0.4, -0.2) is 16.2 Å². The van der Waals surface area contributed by atoms with E-state index in [1.807, 2.05) is 12.1 Å². The van der Waals surface area contributed by atoms with E-state index >= 15 is 0 Å². The van der Waals surface area contributed by atoms with Gasteiger partial charge in [0.2, 0.25) is 0 Å². The molecule has 0 saturated heterocycles. The monoisotopic (exact) mass is 670 g/mol. The molecule has 0 bridgehead atoms. The minimum absolute atomic E-state index is 0.0891. The van der Waals surface area contributed by atoms with Crippen LogP contribution < -0.4 is 5.32 Å². The van der Waals surface area contributed by atoms with Gasteiger partial charge < -0.3 is 9.88 Å². The van der Waals surface area contributed by atoms with Crippen LogP contribution in [0.15, 0.2) is 179 Å². The van der Waals surface area contributed by atoms with Crippen molar-refractivity contribution in [2.45, 2.75) is 37.9 Å². The molecule has 0 saturated carbocycles. The molecule has 52 heavy (non-hydrogen) atoms. The van der Waals surface area contributed by atoms with Gasteiger partial charge in [-0.15, -0.1) is 0 Å². The largest absolute Gasteiger partial charge is 0.333 e. The third-order valence-corrected chi connectivity index (χ3v) is 11.1. The molecule has 10 rings (SSSR count). The third-order valence-electron chi connectivity index (χ3n) is 11.1. The lowest BCUT2D eigenvalue weighted by Gasteiger charge is -2.26. The molecule has 2 heterocycles. The molecule has 0 fully saturated rings. The molecule has 0 amide bonds. The highest BCUT2D eigenvalue weighted by molar-refractivity contribution is 6.17. The van der Waals surface area contributed by atoms with E-state index in [-0.39, 0.29) is 17.6 Å². The molecule has 3 aliphatic rings. The summed E-state index contributed by atoms with van der Waals surface area (Å²) in [6.45, 7) is 4.74. The molecule has 7 aromatic rings. The van der Waals surface area contributed by atoms with Gasteiger partial charge in [0.25, 0.3) is 0 Å². The summed E-state index contributed by atoms with van der Waals surface area (Å²) < 4.78 is 2.58. The number of aliphatic imine (C=N–C) groups is 2. The predicted octanol–water partition coefficient (Wildman–Crippen LogP) is 11.3. The molecule has 2 unspecified atom stereocenters. The van der Waals surface area contributed by atoms with Gasteiger partial charge in [0, 0.05) is 32.8 Å². The van der Waals surface area contributed by atoms with Gasteiger partial charge >= 0.3 is 0 Å². The normalized spacial score (nSPS) is 18.7. The highest BCUT2D eigenvalue weighted by atomic mass is 15.2. The van der Waals surface area contributed by atoms with Crippen molar-refractivity contribution in [2.24, 2.45) is 9.98 Å². The Hall–Kier alpha value is -6.26. The maximum Gasteiger partial charge on any atom is 0.169 e. The Labute approximate surface area is 304 Å². The Bertz CT molecular complexity index is 2640. The van der Waals surface area contributed by atoms with Crippen molar-refractivity contribution in [3.63, 3.8) is 0 Å². The van der Waals surface area contributed by atoms with E-state index < -0.39 is 0 Å². The third kappa shape index (κ3) is 4.90. The fourth-order valence-electron chi connectivity index (χ4n) is 8.53. The molecule has 4 nitrogen and oxygen atoms in total. The Morgan fingerprint density at radius 1 is 0.596 bits per heavy atom. The molecule has 1 aliphatic heterocycles. The van der Waals surface area contributed by atoms with E-state index in [0.717, 1.165) is 34.8 Å². The highest BCUT2D eigenvalue weighted by Gasteiger charge is 2.36. The van der Waals surface area contributed by atoms with Crippen LogP contribution >= 0.6 is 0 Å². The number of hydrogen-bond acceptors (Lipinski definition) is 3. The molecule has 1 N–H and O–H groups in total. The first kappa shape index (κ1) is 30.6. The van der Waals surface area contributed by atoms with Gasteiger partial charge in [-0.3, -0.25) is 0 Å². The second kappa shape index (κ2) is 11.9. The summed E-state index contributed by atoms with van der Waals surface area (Å²) in [5, 5.41) is 6.20. The van der Waals surface area contributed by atoms with Crippen molar-refractivity contribution < 1.29 is 0 Å². The first-order valence-electron chi connectivity index (χ1n) is 18.2. The summed E-state index contributed by atoms with van der Waals surface area (Å²) >= 11 is 0. The van der Waals surface area contributed by atoms with Crippen molar-refractivity contribution in [1.82, 2.24) is 9.88 Å². The number of rotatable bonds is 5. The van der Waals surface area contributed by atoms with E-state index in [9.17, 15) is 0 Å². The lowest BCUT2D eigenvalue weighted by atomic mass is 9.82. The first-order valence-corrected chi connectivity index (χ1v) is 18.2. The molecule has 6 aromatic carbocycles. The topological polar surface area (TPSA) is 41.7 Å². The van der Waals surface area contributed by atoms with Crippen LogP contribution in [0.2, 0.25) is 0 Å².